The summed E-state index contributed by atoms with van der Waals surface area (Å²) in [5, 5.41) is 18.3. The molecule has 1 aromatic carbocycles. The van der Waals surface area contributed by atoms with E-state index in [4.69, 9.17) is 5.11 Å². The van der Waals surface area contributed by atoms with Crippen LogP contribution in [0.3, 0.4) is 0 Å². The molecule has 0 aliphatic heterocycles. The van der Waals surface area contributed by atoms with E-state index < -0.39 is 12.0 Å². The molecule has 110 valence electrons. The quantitative estimate of drug-likeness (QED) is 0.754. The molecule has 7 heteroatoms. The van der Waals surface area contributed by atoms with Crippen molar-refractivity contribution in [1.29, 1.82) is 0 Å². The molecule has 3 N–H and O–H groups in total. The summed E-state index contributed by atoms with van der Waals surface area (Å²) in [7, 11) is 0. The molecule has 2 amide bonds. The third-order valence-electron chi connectivity index (χ3n) is 2.74. The number of nitrogens with one attached hydrogen (secondary N) is 2. The van der Waals surface area contributed by atoms with E-state index in [0.29, 0.717) is 11.0 Å². The lowest BCUT2D eigenvalue weighted by Gasteiger charge is -2.10. The van der Waals surface area contributed by atoms with Gasteiger partial charge >= 0.3 is 12.0 Å². The molecule has 21 heavy (non-hydrogen) atoms. The Morgan fingerprint density at radius 3 is 2.76 bits per heavy atom. The van der Waals surface area contributed by atoms with Crippen LogP contribution in [0.1, 0.15) is 15.9 Å². The number of carbonyl (C=O) groups is 2. The Morgan fingerprint density at radius 2 is 2.10 bits per heavy atom. The standard InChI is InChI=1S/C14H13BrN2O3S/c15-10-1-2-11(13(18)19)12(7-10)17-14(20)16-5-3-9-4-6-21-8-9/h1-2,4,6-8H,3,5H2,(H,18,19)(H2,16,17,20). The second-order valence-electron chi connectivity index (χ2n) is 4.26. The van der Waals surface area contributed by atoms with Crippen molar-refractivity contribution >= 4 is 45.0 Å². The van der Waals surface area contributed by atoms with Crippen LogP contribution in [-0.2, 0) is 6.42 Å². The van der Waals surface area contributed by atoms with Crippen LogP contribution in [0, 0.1) is 0 Å². The van der Waals surface area contributed by atoms with Gasteiger partial charge in [0.2, 0.25) is 0 Å². The number of hydrogen-bond acceptors (Lipinski definition) is 3. The molecular formula is C14H13BrN2O3S. The first-order valence-electron chi connectivity index (χ1n) is 6.15. The van der Waals surface area contributed by atoms with Crippen molar-refractivity contribution in [2.75, 3.05) is 11.9 Å². The fourth-order valence-electron chi connectivity index (χ4n) is 1.73. The van der Waals surface area contributed by atoms with E-state index in [2.05, 4.69) is 26.6 Å². The number of urea groups is 1. The maximum Gasteiger partial charge on any atom is 0.337 e. The topological polar surface area (TPSA) is 78.4 Å². The van der Waals surface area contributed by atoms with Crippen molar-refractivity contribution < 1.29 is 14.7 Å². The molecule has 0 bridgehead atoms. The van der Waals surface area contributed by atoms with Gasteiger partial charge in [0.1, 0.15) is 0 Å². The molecule has 1 aromatic heterocycles. The number of halogens is 1. The number of anilines is 1. The largest absolute Gasteiger partial charge is 0.478 e. The summed E-state index contributed by atoms with van der Waals surface area (Å²) in [4.78, 5) is 22.9. The van der Waals surface area contributed by atoms with Crippen LogP contribution in [0.25, 0.3) is 0 Å². The Labute approximate surface area is 134 Å². The minimum Gasteiger partial charge on any atom is -0.478 e. The highest BCUT2D eigenvalue weighted by molar-refractivity contribution is 9.10. The van der Waals surface area contributed by atoms with E-state index >= 15 is 0 Å². The van der Waals surface area contributed by atoms with Gasteiger partial charge in [-0.2, -0.15) is 11.3 Å². The van der Waals surface area contributed by atoms with E-state index in [-0.39, 0.29) is 11.3 Å². The molecular weight excluding hydrogens is 356 g/mol. The van der Waals surface area contributed by atoms with Crippen LogP contribution in [0.4, 0.5) is 10.5 Å². The van der Waals surface area contributed by atoms with E-state index in [0.717, 1.165) is 12.0 Å². The Hall–Kier alpha value is -1.86. The van der Waals surface area contributed by atoms with Crippen molar-refractivity contribution in [3.8, 4) is 0 Å². The molecule has 2 aromatic rings. The predicted octanol–water partition coefficient (Wildman–Crippen LogP) is 3.57. The zero-order chi connectivity index (χ0) is 15.2. The minimum atomic E-state index is -1.09. The fourth-order valence-corrected chi connectivity index (χ4v) is 2.79. The summed E-state index contributed by atoms with van der Waals surface area (Å²) in [6.45, 7) is 0.485. The number of amides is 2. The Morgan fingerprint density at radius 1 is 1.29 bits per heavy atom. The fraction of sp³-hybridized carbons (Fsp3) is 0.143. The summed E-state index contributed by atoms with van der Waals surface area (Å²) in [6, 6.07) is 6.19. The minimum absolute atomic E-state index is 0.0474. The van der Waals surface area contributed by atoms with Crippen LogP contribution in [0.2, 0.25) is 0 Å². The molecule has 0 saturated heterocycles. The first-order chi connectivity index (χ1) is 10.1. The van der Waals surface area contributed by atoms with Gasteiger partial charge in [0.05, 0.1) is 11.3 Å². The van der Waals surface area contributed by atoms with Gasteiger partial charge in [-0.15, -0.1) is 0 Å². The molecule has 0 saturated carbocycles. The number of thiophene rings is 1. The number of aromatic carboxylic acids is 1. The lowest BCUT2D eigenvalue weighted by Crippen LogP contribution is -2.31. The normalized spacial score (nSPS) is 10.1. The highest BCUT2D eigenvalue weighted by Crippen LogP contribution is 2.21. The van der Waals surface area contributed by atoms with E-state index in [1.807, 2.05) is 16.8 Å². The highest BCUT2D eigenvalue weighted by Gasteiger charge is 2.12. The number of benzene rings is 1. The molecule has 0 radical (unpaired) electrons. The lowest BCUT2D eigenvalue weighted by molar-refractivity contribution is 0.0698. The van der Waals surface area contributed by atoms with Gasteiger partial charge in [0, 0.05) is 11.0 Å². The first kappa shape index (κ1) is 15.5. The highest BCUT2D eigenvalue weighted by atomic mass is 79.9. The van der Waals surface area contributed by atoms with Gasteiger partial charge < -0.3 is 15.7 Å². The van der Waals surface area contributed by atoms with Crippen LogP contribution in [-0.4, -0.2) is 23.7 Å². The van der Waals surface area contributed by atoms with E-state index in [1.165, 1.54) is 6.07 Å². The number of carboxylic acid groups (broad SMARTS) is 1. The zero-order valence-electron chi connectivity index (χ0n) is 10.9. The smallest absolute Gasteiger partial charge is 0.337 e. The van der Waals surface area contributed by atoms with Gasteiger partial charge in [-0.3, -0.25) is 0 Å². The summed E-state index contributed by atoms with van der Waals surface area (Å²) >= 11 is 4.86. The van der Waals surface area contributed by atoms with E-state index in [1.54, 1.807) is 23.5 Å². The van der Waals surface area contributed by atoms with Crippen molar-refractivity contribution in [3.63, 3.8) is 0 Å². The second kappa shape index (κ2) is 7.24. The monoisotopic (exact) mass is 368 g/mol. The molecule has 2 rings (SSSR count). The number of hydrogen-bond donors (Lipinski definition) is 3. The summed E-state index contributed by atoms with van der Waals surface area (Å²) in [5.41, 5.74) is 1.46. The molecule has 5 nitrogen and oxygen atoms in total. The average Bonchev–Trinajstić information content (AvgIpc) is 2.91. The zero-order valence-corrected chi connectivity index (χ0v) is 13.3. The second-order valence-corrected chi connectivity index (χ2v) is 5.95. The van der Waals surface area contributed by atoms with Gasteiger partial charge in [0.25, 0.3) is 0 Å². The molecule has 0 atom stereocenters. The predicted molar refractivity (Wildman–Crippen MR) is 86.1 cm³/mol. The number of carboxylic acids is 1. The Balaban J connectivity index is 1.93. The lowest BCUT2D eigenvalue weighted by atomic mass is 10.2. The van der Waals surface area contributed by atoms with Gasteiger partial charge in [0.15, 0.2) is 0 Å². The molecule has 0 unspecified atom stereocenters. The van der Waals surface area contributed by atoms with Crippen molar-refractivity contribution in [2.45, 2.75) is 6.42 Å². The summed E-state index contributed by atoms with van der Waals surface area (Å²) < 4.78 is 0.695. The molecule has 1 heterocycles. The number of carbonyl (C=O) groups excluding carboxylic acids is 1. The van der Waals surface area contributed by atoms with Crippen LogP contribution in [0.15, 0.2) is 39.5 Å². The van der Waals surface area contributed by atoms with Gasteiger partial charge in [-0.1, -0.05) is 15.9 Å². The van der Waals surface area contributed by atoms with Gasteiger partial charge in [-0.25, -0.2) is 9.59 Å². The maximum absolute atomic E-state index is 11.8. The summed E-state index contributed by atoms with van der Waals surface area (Å²) in [6.07, 6.45) is 0.737. The average molecular weight is 369 g/mol. The van der Waals surface area contributed by atoms with Gasteiger partial charge in [-0.05, 0) is 47.0 Å². The molecule has 0 aliphatic carbocycles. The number of rotatable bonds is 5. The van der Waals surface area contributed by atoms with Crippen LogP contribution in [0.5, 0.6) is 0 Å². The third-order valence-corrected chi connectivity index (χ3v) is 3.96. The molecule has 0 spiro atoms. The molecule has 0 fully saturated rings. The summed E-state index contributed by atoms with van der Waals surface area (Å²) in [5.74, 6) is -1.09. The SMILES string of the molecule is O=C(NCCc1ccsc1)Nc1cc(Br)ccc1C(=O)O. The van der Waals surface area contributed by atoms with Crippen LogP contribution < -0.4 is 10.6 Å². The Bertz CT molecular complexity index is 644. The van der Waals surface area contributed by atoms with Crippen molar-refractivity contribution in [3.05, 3.63) is 50.6 Å². The maximum atomic E-state index is 11.8. The van der Waals surface area contributed by atoms with Crippen LogP contribution >= 0.6 is 27.3 Å². The van der Waals surface area contributed by atoms with Crippen molar-refractivity contribution in [2.24, 2.45) is 0 Å². The van der Waals surface area contributed by atoms with E-state index in [9.17, 15) is 9.59 Å². The molecule has 0 aliphatic rings. The third kappa shape index (κ3) is 4.57. The van der Waals surface area contributed by atoms with Crippen molar-refractivity contribution in [1.82, 2.24) is 5.32 Å². The first-order valence-corrected chi connectivity index (χ1v) is 7.88. The Kier molecular flexibility index (Phi) is 5.35.